The van der Waals surface area contributed by atoms with Crippen LogP contribution in [0.3, 0.4) is 0 Å². The molecule has 1 atom stereocenters. The Bertz CT molecular complexity index is 824. The molecule has 0 aliphatic heterocycles. The number of carbonyl (C=O) groups excluding carboxylic acids is 3. The van der Waals surface area contributed by atoms with E-state index in [0.29, 0.717) is 31.7 Å². The molecule has 1 aliphatic rings. The molecule has 1 aromatic heterocycles. The molecular weight excluding hydrogens is 320 g/mol. The van der Waals surface area contributed by atoms with Gasteiger partial charge >= 0.3 is 0 Å². The number of rotatable bonds is 6. The Labute approximate surface area is 146 Å². The summed E-state index contributed by atoms with van der Waals surface area (Å²) in [5.41, 5.74) is 2.24. The number of ketones is 2. The van der Waals surface area contributed by atoms with E-state index in [2.05, 4.69) is 4.98 Å². The van der Waals surface area contributed by atoms with Gasteiger partial charge in [0.2, 0.25) is 5.78 Å². The number of hydrogen-bond acceptors (Lipinski definition) is 4. The second-order valence-electron chi connectivity index (χ2n) is 6.20. The van der Waals surface area contributed by atoms with Gasteiger partial charge in [0.05, 0.1) is 18.3 Å². The van der Waals surface area contributed by atoms with E-state index in [-0.39, 0.29) is 18.2 Å². The highest BCUT2D eigenvalue weighted by Gasteiger charge is 2.36. The van der Waals surface area contributed by atoms with Crippen LogP contribution in [0.15, 0.2) is 24.3 Å². The summed E-state index contributed by atoms with van der Waals surface area (Å²) >= 11 is 0. The third kappa shape index (κ3) is 3.09. The number of benzene rings is 1. The van der Waals surface area contributed by atoms with Crippen molar-refractivity contribution in [2.75, 3.05) is 20.3 Å². The summed E-state index contributed by atoms with van der Waals surface area (Å²) in [5, 5.41) is 0.926. The Balaban J connectivity index is 2.09. The topological polar surface area (TPSA) is 79.5 Å². The molecule has 0 fully saturated rings. The van der Waals surface area contributed by atoms with Crippen LogP contribution in [0.2, 0.25) is 0 Å². The fourth-order valence-corrected chi connectivity index (χ4v) is 3.48. The van der Waals surface area contributed by atoms with Crippen LogP contribution < -0.4 is 0 Å². The first kappa shape index (κ1) is 17.4. The maximum absolute atomic E-state index is 12.7. The van der Waals surface area contributed by atoms with E-state index < -0.39 is 11.7 Å². The predicted molar refractivity (Wildman–Crippen MR) is 93.5 cm³/mol. The summed E-state index contributed by atoms with van der Waals surface area (Å²) in [4.78, 5) is 41.8. The van der Waals surface area contributed by atoms with Crippen LogP contribution in [0.4, 0.5) is 0 Å². The van der Waals surface area contributed by atoms with Crippen LogP contribution in [0.25, 0.3) is 10.9 Å². The van der Waals surface area contributed by atoms with Crippen LogP contribution in [0.5, 0.6) is 0 Å². The van der Waals surface area contributed by atoms with Crippen molar-refractivity contribution < 1.29 is 19.1 Å². The first-order valence-electron chi connectivity index (χ1n) is 8.55. The van der Waals surface area contributed by atoms with Crippen molar-refractivity contribution in [3.8, 4) is 0 Å². The van der Waals surface area contributed by atoms with Gasteiger partial charge in [0.25, 0.3) is 5.91 Å². The summed E-state index contributed by atoms with van der Waals surface area (Å²) in [6.07, 6.45) is 1.02. The first-order valence-corrected chi connectivity index (χ1v) is 8.55. The number of nitrogens with zero attached hydrogens (tertiary/aromatic N) is 1. The number of fused-ring (bicyclic) bond motifs is 3. The SMILES string of the molecule is CCC(=O)C(=O)N(CCOC)C1CCC(=O)c2[nH]c3ccccc3c21. The minimum atomic E-state index is -0.505. The zero-order valence-electron chi connectivity index (χ0n) is 14.5. The number of methoxy groups -OCH3 is 1. The number of Topliss-reactive ketones (excluding diaryl/α,β-unsaturated/α-hetero) is 2. The summed E-state index contributed by atoms with van der Waals surface area (Å²) in [6, 6.07) is 7.36. The molecule has 1 aromatic carbocycles. The smallest absolute Gasteiger partial charge is 0.290 e. The molecule has 1 amide bonds. The van der Waals surface area contributed by atoms with E-state index in [1.54, 1.807) is 18.9 Å². The van der Waals surface area contributed by atoms with Gasteiger partial charge < -0.3 is 14.6 Å². The minimum absolute atomic E-state index is 0.0448. The fraction of sp³-hybridized carbons (Fsp3) is 0.421. The normalized spacial score (nSPS) is 16.7. The predicted octanol–water partition coefficient (Wildman–Crippen LogP) is 2.64. The van der Waals surface area contributed by atoms with E-state index in [1.807, 2.05) is 24.3 Å². The Kier molecular flexibility index (Phi) is 4.99. The maximum atomic E-state index is 12.7. The standard InChI is InChI=1S/C19H22N2O4/c1-3-15(22)19(24)21(10-11-25-2)14-8-9-16(23)18-17(14)12-6-4-5-7-13(12)20-18/h4-7,14,20H,3,8-11H2,1-2H3. The number of H-pyrrole nitrogens is 1. The highest BCUT2D eigenvalue weighted by atomic mass is 16.5. The van der Waals surface area contributed by atoms with Crippen LogP contribution >= 0.6 is 0 Å². The van der Waals surface area contributed by atoms with Crippen LogP contribution in [-0.2, 0) is 14.3 Å². The second kappa shape index (κ2) is 7.19. The molecule has 2 aromatic rings. The molecule has 0 spiro atoms. The third-order valence-corrected chi connectivity index (χ3v) is 4.74. The maximum Gasteiger partial charge on any atom is 0.290 e. The molecule has 132 valence electrons. The molecule has 25 heavy (non-hydrogen) atoms. The lowest BCUT2D eigenvalue weighted by Crippen LogP contribution is -2.42. The van der Waals surface area contributed by atoms with Crippen molar-refractivity contribution >= 4 is 28.4 Å². The summed E-state index contributed by atoms with van der Waals surface area (Å²) in [5.74, 6) is -0.882. The van der Waals surface area contributed by atoms with Gasteiger partial charge in [-0.2, -0.15) is 0 Å². The van der Waals surface area contributed by atoms with Crippen molar-refractivity contribution in [2.24, 2.45) is 0 Å². The van der Waals surface area contributed by atoms with Crippen LogP contribution in [0, 0.1) is 0 Å². The van der Waals surface area contributed by atoms with Crippen molar-refractivity contribution in [3.05, 3.63) is 35.5 Å². The number of carbonyl (C=O) groups is 3. The molecule has 0 saturated heterocycles. The highest BCUT2D eigenvalue weighted by molar-refractivity contribution is 6.36. The molecule has 0 bridgehead atoms. The van der Waals surface area contributed by atoms with E-state index in [1.165, 1.54) is 0 Å². The fourth-order valence-electron chi connectivity index (χ4n) is 3.48. The summed E-state index contributed by atoms with van der Waals surface area (Å²) in [6.45, 7) is 2.33. The first-order chi connectivity index (χ1) is 12.1. The number of hydrogen-bond donors (Lipinski definition) is 1. The van der Waals surface area contributed by atoms with Gasteiger partial charge in [-0.3, -0.25) is 14.4 Å². The van der Waals surface area contributed by atoms with Gasteiger partial charge in [0, 0.05) is 43.0 Å². The Morgan fingerprint density at radius 3 is 2.80 bits per heavy atom. The molecule has 0 radical (unpaired) electrons. The quantitative estimate of drug-likeness (QED) is 0.819. The van der Waals surface area contributed by atoms with Gasteiger partial charge in [0.15, 0.2) is 5.78 Å². The van der Waals surface area contributed by atoms with Crippen molar-refractivity contribution in [3.63, 3.8) is 0 Å². The molecule has 1 heterocycles. The lowest BCUT2D eigenvalue weighted by atomic mass is 9.88. The van der Waals surface area contributed by atoms with Crippen molar-refractivity contribution in [1.29, 1.82) is 0 Å². The lowest BCUT2D eigenvalue weighted by Gasteiger charge is -2.34. The number of para-hydroxylation sites is 1. The van der Waals surface area contributed by atoms with Gasteiger partial charge in [-0.25, -0.2) is 0 Å². The van der Waals surface area contributed by atoms with E-state index in [0.717, 1.165) is 16.5 Å². The number of aromatic amines is 1. The zero-order valence-corrected chi connectivity index (χ0v) is 14.5. The van der Waals surface area contributed by atoms with Gasteiger partial charge in [-0.1, -0.05) is 25.1 Å². The van der Waals surface area contributed by atoms with Crippen LogP contribution in [0.1, 0.15) is 48.3 Å². The summed E-state index contributed by atoms with van der Waals surface area (Å²) < 4.78 is 5.12. The minimum Gasteiger partial charge on any atom is -0.383 e. The molecule has 6 heteroatoms. The molecular formula is C19H22N2O4. The largest absolute Gasteiger partial charge is 0.383 e. The van der Waals surface area contributed by atoms with E-state index >= 15 is 0 Å². The monoisotopic (exact) mass is 342 g/mol. The lowest BCUT2D eigenvalue weighted by molar-refractivity contribution is -0.146. The van der Waals surface area contributed by atoms with Crippen molar-refractivity contribution in [1.82, 2.24) is 9.88 Å². The molecule has 3 rings (SSSR count). The average Bonchev–Trinajstić information content (AvgIpc) is 3.03. The van der Waals surface area contributed by atoms with E-state index in [4.69, 9.17) is 4.74 Å². The van der Waals surface area contributed by atoms with Gasteiger partial charge in [-0.05, 0) is 12.5 Å². The number of amides is 1. The Morgan fingerprint density at radius 1 is 1.32 bits per heavy atom. The molecule has 0 saturated carbocycles. The van der Waals surface area contributed by atoms with Gasteiger partial charge in [0.1, 0.15) is 0 Å². The Morgan fingerprint density at radius 2 is 2.08 bits per heavy atom. The van der Waals surface area contributed by atoms with Crippen molar-refractivity contribution in [2.45, 2.75) is 32.2 Å². The zero-order chi connectivity index (χ0) is 18.0. The number of ether oxygens (including phenoxy) is 1. The average molecular weight is 342 g/mol. The van der Waals surface area contributed by atoms with Gasteiger partial charge in [-0.15, -0.1) is 0 Å². The molecule has 1 N–H and O–H groups in total. The Hall–Kier alpha value is -2.47. The second-order valence-corrected chi connectivity index (χ2v) is 6.20. The van der Waals surface area contributed by atoms with Crippen LogP contribution in [-0.4, -0.2) is 47.6 Å². The number of nitrogens with one attached hydrogen (secondary N) is 1. The highest BCUT2D eigenvalue weighted by Crippen LogP contribution is 2.39. The van der Waals surface area contributed by atoms with E-state index in [9.17, 15) is 14.4 Å². The summed E-state index contributed by atoms with van der Waals surface area (Å²) in [7, 11) is 1.56. The molecule has 6 nitrogen and oxygen atoms in total. The third-order valence-electron chi connectivity index (χ3n) is 4.74. The number of aromatic nitrogens is 1. The molecule has 1 aliphatic carbocycles. The molecule has 1 unspecified atom stereocenters.